The van der Waals surface area contributed by atoms with Gasteiger partial charge in [0.15, 0.2) is 0 Å². The van der Waals surface area contributed by atoms with Crippen LogP contribution in [-0.4, -0.2) is 28.7 Å². The lowest BCUT2D eigenvalue weighted by Crippen LogP contribution is -2.34. The van der Waals surface area contributed by atoms with Crippen LogP contribution in [0.5, 0.6) is 0 Å². The summed E-state index contributed by atoms with van der Waals surface area (Å²) in [4.78, 5) is 0.0291. The van der Waals surface area contributed by atoms with Crippen LogP contribution in [-0.2, 0) is 14.8 Å². The minimum absolute atomic E-state index is 0.0291. The summed E-state index contributed by atoms with van der Waals surface area (Å²) >= 11 is 3.07. The van der Waals surface area contributed by atoms with E-state index in [-0.39, 0.29) is 21.3 Å². The van der Waals surface area contributed by atoms with Gasteiger partial charge >= 0.3 is 0 Å². The molecule has 20 heavy (non-hydrogen) atoms. The number of methoxy groups -OCH3 is 1. The van der Waals surface area contributed by atoms with Crippen LogP contribution < -0.4 is 4.72 Å². The second-order valence-electron chi connectivity index (χ2n) is 5.31. The van der Waals surface area contributed by atoms with Crippen molar-refractivity contribution in [2.24, 2.45) is 5.41 Å². The summed E-state index contributed by atoms with van der Waals surface area (Å²) < 4.78 is 45.1. The van der Waals surface area contributed by atoms with E-state index < -0.39 is 15.8 Å². The third-order valence-corrected chi connectivity index (χ3v) is 5.29. The first-order valence-electron chi connectivity index (χ1n) is 6.12. The first-order chi connectivity index (χ1) is 9.18. The van der Waals surface area contributed by atoms with E-state index >= 15 is 0 Å². The molecule has 1 N–H and O–H groups in total. The number of rotatable bonds is 7. The van der Waals surface area contributed by atoms with Gasteiger partial charge in [0.05, 0.1) is 4.90 Å². The highest BCUT2D eigenvalue weighted by molar-refractivity contribution is 9.10. The molecule has 0 fully saturated rings. The molecule has 0 saturated carbocycles. The van der Waals surface area contributed by atoms with Gasteiger partial charge in [-0.25, -0.2) is 17.5 Å². The molecule has 1 rings (SSSR count). The number of hydrogen-bond donors (Lipinski definition) is 1. The molecule has 0 atom stereocenters. The van der Waals surface area contributed by atoms with Gasteiger partial charge in [-0.1, -0.05) is 13.8 Å². The van der Waals surface area contributed by atoms with Crippen molar-refractivity contribution in [2.75, 3.05) is 20.3 Å². The molecule has 0 aliphatic rings. The van der Waals surface area contributed by atoms with Crippen LogP contribution in [0.1, 0.15) is 20.3 Å². The molecule has 0 aliphatic heterocycles. The Labute approximate surface area is 127 Å². The first-order valence-corrected chi connectivity index (χ1v) is 8.39. The van der Waals surface area contributed by atoms with Gasteiger partial charge in [-0.3, -0.25) is 0 Å². The van der Waals surface area contributed by atoms with Gasteiger partial charge in [-0.05, 0) is 46.0 Å². The Hall–Kier alpha value is -0.500. The molecule has 0 amide bonds. The average molecular weight is 368 g/mol. The standard InChI is InChI=1S/C13H19BrFNO3S/c1-13(2,6-7-19-3)9-16-20(17,18)12-5-4-10(15)8-11(12)14/h4-5,8,16H,6-7,9H2,1-3H3. The number of nitrogens with one attached hydrogen (secondary N) is 1. The monoisotopic (exact) mass is 367 g/mol. The molecule has 0 aliphatic carbocycles. The molecule has 0 unspecified atom stereocenters. The Kier molecular flexibility index (Phi) is 6.12. The van der Waals surface area contributed by atoms with Crippen LogP contribution in [0.25, 0.3) is 0 Å². The predicted octanol–water partition coefficient (Wildman–Crippen LogP) is 2.93. The molecule has 1 aromatic rings. The highest BCUT2D eigenvalue weighted by Gasteiger charge is 2.23. The van der Waals surface area contributed by atoms with Crippen molar-refractivity contribution >= 4 is 26.0 Å². The Morgan fingerprint density at radius 3 is 2.60 bits per heavy atom. The SMILES string of the molecule is COCCC(C)(C)CNS(=O)(=O)c1ccc(F)cc1Br. The topological polar surface area (TPSA) is 55.4 Å². The normalized spacial score (nSPS) is 12.7. The van der Waals surface area contributed by atoms with Crippen LogP contribution in [0.2, 0.25) is 0 Å². The molecule has 0 bridgehead atoms. The fourth-order valence-electron chi connectivity index (χ4n) is 1.53. The zero-order valence-corrected chi connectivity index (χ0v) is 14.1. The largest absolute Gasteiger partial charge is 0.385 e. The lowest BCUT2D eigenvalue weighted by atomic mass is 9.90. The van der Waals surface area contributed by atoms with Crippen LogP contribution in [0.4, 0.5) is 4.39 Å². The molecule has 0 spiro atoms. The first kappa shape index (κ1) is 17.6. The van der Waals surface area contributed by atoms with Gasteiger partial charge in [0.1, 0.15) is 5.82 Å². The summed E-state index contributed by atoms with van der Waals surface area (Å²) in [6.45, 7) is 4.75. The number of benzene rings is 1. The highest BCUT2D eigenvalue weighted by atomic mass is 79.9. The van der Waals surface area contributed by atoms with Crippen LogP contribution in [0.15, 0.2) is 27.6 Å². The molecule has 0 aromatic heterocycles. The number of halogens is 2. The molecular formula is C13H19BrFNO3S. The molecule has 0 heterocycles. The lowest BCUT2D eigenvalue weighted by molar-refractivity contribution is 0.153. The lowest BCUT2D eigenvalue weighted by Gasteiger charge is -2.24. The minimum atomic E-state index is -3.67. The van der Waals surface area contributed by atoms with Crippen molar-refractivity contribution in [1.29, 1.82) is 0 Å². The van der Waals surface area contributed by atoms with Crippen LogP contribution in [0.3, 0.4) is 0 Å². The fraction of sp³-hybridized carbons (Fsp3) is 0.538. The smallest absolute Gasteiger partial charge is 0.241 e. The quantitative estimate of drug-likeness (QED) is 0.805. The van der Waals surface area contributed by atoms with E-state index in [2.05, 4.69) is 20.7 Å². The average Bonchev–Trinajstić information content (AvgIpc) is 2.34. The van der Waals surface area contributed by atoms with Gasteiger partial charge in [0, 0.05) is 24.7 Å². The molecule has 1 aromatic carbocycles. The molecule has 4 nitrogen and oxygen atoms in total. The maximum atomic E-state index is 13.0. The summed E-state index contributed by atoms with van der Waals surface area (Å²) in [5.74, 6) is -0.490. The third-order valence-electron chi connectivity index (χ3n) is 2.91. The second kappa shape index (κ2) is 6.98. The molecule has 0 saturated heterocycles. The maximum absolute atomic E-state index is 13.0. The van der Waals surface area contributed by atoms with E-state index in [1.165, 1.54) is 6.07 Å². The van der Waals surface area contributed by atoms with Crippen LogP contribution >= 0.6 is 15.9 Å². The summed E-state index contributed by atoms with van der Waals surface area (Å²) in [7, 11) is -2.06. The Morgan fingerprint density at radius 1 is 1.40 bits per heavy atom. The van der Waals surface area contributed by atoms with E-state index in [1.54, 1.807) is 7.11 Å². The Bertz CT molecular complexity index is 561. The second-order valence-corrected chi connectivity index (χ2v) is 7.90. The van der Waals surface area contributed by atoms with E-state index in [9.17, 15) is 12.8 Å². The minimum Gasteiger partial charge on any atom is -0.385 e. The molecular weight excluding hydrogens is 349 g/mol. The van der Waals surface area contributed by atoms with Crippen molar-refractivity contribution in [1.82, 2.24) is 4.72 Å². The van der Waals surface area contributed by atoms with Crippen molar-refractivity contribution < 1.29 is 17.5 Å². The van der Waals surface area contributed by atoms with E-state index in [0.717, 1.165) is 18.6 Å². The molecule has 0 radical (unpaired) electrons. The van der Waals surface area contributed by atoms with E-state index in [0.29, 0.717) is 6.61 Å². The number of ether oxygens (including phenoxy) is 1. The summed E-state index contributed by atoms with van der Waals surface area (Å²) in [6, 6.07) is 3.49. The Morgan fingerprint density at radius 2 is 2.05 bits per heavy atom. The van der Waals surface area contributed by atoms with Gasteiger partial charge < -0.3 is 4.74 Å². The molecule has 7 heteroatoms. The fourth-order valence-corrected chi connectivity index (χ4v) is 3.82. The highest BCUT2D eigenvalue weighted by Crippen LogP contribution is 2.24. The zero-order valence-electron chi connectivity index (χ0n) is 11.7. The van der Waals surface area contributed by atoms with E-state index in [4.69, 9.17) is 4.74 Å². The van der Waals surface area contributed by atoms with Gasteiger partial charge in [0.2, 0.25) is 10.0 Å². The summed E-state index contributed by atoms with van der Waals surface area (Å²) in [5, 5.41) is 0. The predicted molar refractivity (Wildman–Crippen MR) is 79.6 cm³/mol. The Balaban J connectivity index is 2.80. The van der Waals surface area contributed by atoms with Crippen molar-refractivity contribution in [2.45, 2.75) is 25.2 Å². The maximum Gasteiger partial charge on any atom is 0.241 e. The number of sulfonamides is 1. The third kappa shape index (κ3) is 5.12. The zero-order chi connectivity index (χ0) is 15.4. The van der Waals surface area contributed by atoms with Gasteiger partial charge in [-0.15, -0.1) is 0 Å². The molecule has 114 valence electrons. The number of hydrogen-bond acceptors (Lipinski definition) is 3. The summed E-state index contributed by atoms with van der Waals surface area (Å²) in [6.07, 6.45) is 0.733. The summed E-state index contributed by atoms with van der Waals surface area (Å²) in [5.41, 5.74) is -0.227. The van der Waals surface area contributed by atoms with Crippen molar-refractivity contribution in [3.63, 3.8) is 0 Å². The van der Waals surface area contributed by atoms with E-state index in [1.807, 2.05) is 13.8 Å². The van der Waals surface area contributed by atoms with Crippen LogP contribution in [0, 0.1) is 11.2 Å². The van der Waals surface area contributed by atoms with Crippen molar-refractivity contribution in [3.8, 4) is 0 Å². The van der Waals surface area contributed by atoms with Crippen molar-refractivity contribution in [3.05, 3.63) is 28.5 Å². The van der Waals surface area contributed by atoms with Gasteiger partial charge in [-0.2, -0.15) is 0 Å². The van der Waals surface area contributed by atoms with Gasteiger partial charge in [0.25, 0.3) is 0 Å².